The minimum Gasteiger partial charge on any atom is -0.489 e. The number of hydrogen-bond acceptors (Lipinski definition) is 4. The number of nitrogens with one attached hydrogen (secondary N) is 1. The van der Waals surface area contributed by atoms with Gasteiger partial charge in [-0.2, -0.15) is 26.3 Å². The van der Waals surface area contributed by atoms with Crippen LogP contribution in [-0.4, -0.2) is 30.7 Å². The van der Waals surface area contributed by atoms with Crippen molar-refractivity contribution in [3.63, 3.8) is 0 Å². The first-order chi connectivity index (χ1) is 16.6. The molecule has 4 nitrogen and oxygen atoms in total. The number of halogens is 6. The first-order valence-corrected chi connectivity index (χ1v) is 11.4. The second-order valence-corrected chi connectivity index (χ2v) is 9.99. The van der Waals surface area contributed by atoms with E-state index in [0.717, 1.165) is 23.3 Å². The number of para-hydroxylation sites is 1. The lowest BCUT2D eigenvalue weighted by atomic mass is 9.64. The third kappa shape index (κ3) is 4.09. The van der Waals surface area contributed by atoms with Gasteiger partial charge in [0.25, 0.3) is 5.60 Å². The van der Waals surface area contributed by atoms with Gasteiger partial charge in [0.15, 0.2) is 11.5 Å². The molecule has 0 spiro atoms. The molecular weight excluding hydrogens is 488 g/mol. The molecule has 0 saturated carbocycles. The Morgan fingerprint density at radius 3 is 2.39 bits per heavy atom. The molecular formula is C26H27F6NO3. The van der Waals surface area contributed by atoms with Crippen molar-refractivity contribution in [1.29, 1.82) is 0 Å². The summed E-state index contributed by atoms with van der Waals surface area (Å²) in [6.07, 6.45) is -9.99. The fourth-order valence-corrected chi connectivity index (χ4v) is 4.92. The van der Waals surface area contributed by atoms with Gasteiger partial charge in [-0.25, -0.2) is 0 Å². The largest absolute Gasteiger partial charge is 0.489 e. The maximum absolute atomic E-state index is 13.5. The Balaban J connectivity index is 1.76. The molecule has 4 rings (SSSR count). The molecule has 2 aliphatic rings. The molecule has 2 aromatic rings. The molecule has 0 radical (unpaired) electrons. The predicted octanol–water partition coefficient (Wildman–Crippen LogP) is 6.80. The summed E-state index contributed by atoms with van der Waals surface area (Å²) in [4.78, 5) is 0. The maximum Gasteiger partial charge on any atom is 0.430 e. The monoisotopic (exact) mass is 515 g/mol. The zero-order valence-electron chi connectivity index (χ0n) is 20.1. The molecule has 10 heteroatoms. The van der Waals surface area contributed by atoms with Crippen molar-refractivity contribution in [2.45, 2.75) is 57.1 Å². The fourth-order valence-electron chi connectivity index (χ4n) is 4.92. The van der Waals surface area contributed by atoms with Gasteiger partial charge in [0.1, 0.15) is 6.61 Å². The molecule has 0 aliphatic carbocycles. The van der Waals surface area contributed by atoms with Crippen LogP contribution < -0.4 is 14.8 Å². The average Bonchev–Trinajstić information content (AvgIpc) is 2.76. The van der Waals surface area contributed by atoms with Crippen LogP contribution in [0.3, 0.4) is 0 Å². The maximum atomic E-state index is 13.5. The van der Waals surface area contributed by atoms with Crippen molar-refractivity contribution < 1.29 is 40.9 Å². The number of fused-ring (bicyclic) bond motifs is 4. The highest BCUT2D eigenvalue weighted by Gasteiger charge is 2.71. The van der Waals surface area contributed by atoms with E-state index in [9.17, 15) is 31.4 Å². The SMILES string of the molecule is CC(C)=CCOc1cccc2c1OCC1C2Nc2ccc(C(O)(C(F)(F)F)C(F)(F)F)cc2C1(C)C. The molecule has 2 heterocycles. The van der Waals surface area contributed by atoms with Crippen LogP contribution in [0.2, 0.25) is 0 Å². The summed E-state index contributed by atoms with van der Waals surface area (Å²) in [7, 11) is 0. The van der Waals surface area contributed by atoms with E-state index in [0.29, 0.717) is 29.9 Å². The highest BCUT2D eigenvalue weighted by molar-refractivity contribution is 5.63. The number of anilines is 1. The number of ether oxygens (including phenoxy) is 2. The van der Waals surface area contributed by atoms with Gasteiger partial charge in [-0.05, 0) is 43.7 Å². The minimum absolute atomic E-state index is 0.160. The van der Waals surface area contributed by atoms with E-state index in [2.05, 4.69) is 5.32 Å². The van der Waals surface area contributed by atoms with Crippen LogP contribution in [-0.2, 0) is 11.0 Å². The Kier molecular flexibility index (Phi) is 6.26. The van der Waals surface area contributed by atoms with Crippen molar-refractivity contribution in [3.05, 3.63) is 64.7 Å². The number of benzene rings is 2. The molecule has 2 atom stereocenters. The molecule has 0 fully saturated rings. The second-order valence-electron chi connectivity index (χ2n) is 9.99. The van der Waals surface area contributed by atoms with E-state index in [-0.39, 0.29) is 24.1 Å². The lowest BCUT2D eigenvalue weighted by molar-refractivity contribution is -0.376. The van der Waals surface area contributed by atoms with E-state index in [4.69, 9.17) is 9.47 Å². The van der Waals surface area contributed by atoms with Gasteiger partial charge < -0.3 is 19.9 Å². The van der Waals surface area contributed by atoms with Gasteiger partial charge in [-0.15, -0.1) is 0 Å². The number of alkyl halides is 6. The molecule has 36 heavy (non-hydrogen) atoms. The fraction of sp³-hybridized carbons (Fsp3) is 0.462. The van der Waals surface area contributed by atoms with Crippen LogP contribution in [0, 0.1) is 5.92 Å². The first-order valence-electron chi connectivity index (χ1n) is 11.4. The molecule has 0 aromatic heterocycles. The summed E-state index contributed by atoms with van der Waals surface area (Å²) in [5, 5.41) is 13.2. The van der Waals surface area contributed by atoms with E-state index < -0.39 is 28.9 Å². The van der Waals surface area contributed by atoms with Crippen molar-refractivity contribution in [1.82, 2.24) is 0 Å². The normalized spacial score (nSPS) is 20.8. The molecule has 2 aliphatic heterocycles. The number of rotatable bonds is 4. The summed E-state index contributed by atoms with van der Waals surface area (Å²) in [6, 6.07) is 7.75. The molecule has 196 valence electrons. The molecule has 0 bridgehead atoms. The van der Waals surface area contributed by atoms with Crippen molar-refractivity contribution in [3.8, 4) is 11.5 Å². The summed E-state index contributed by atoms with van der Waals surface area (Å²) < 4.78 is 92.9. The molecule has 2 N–H and O–H groups in total. The lowest BCUT2D eigenvalue weighted by Crippen LogP contribution is -2.54. The van der Waals surface area contributed by atoms with Crippen LogP contribution in [0.1, 0.15) is 50.4 Å². The first kappa shape index (κ1) is 26.2. The van der Waals surface area contributed by atoms with E-state index in [1.54, 1.807) is 19.9 Å². The average molecular weight is 515 g/mol. The molecule has 0 saturated heterocycles. The Morgan fingerprint density at radius 1 is 1.11 bits per heavy atom. The molecule has 2 unspecified atom stereocenters. The Morgan fingerprint density at radius 2 is 1.78 bits per heavy atom. The standard InChI is InChI=1S/C26H27F6NO3/c1-14(2)10-11-35-20-7-5-6-16-21-18(13-36-22(16)20)23(3,4)17-12-15(8-9-19(17)33-21)24(34,25(27,28)29)26(30,31)32/h5-10,12,18,21,33-34H,11,13H2,1-4H3. The lowest BCUT2D eigenvalue weighted by Gasteiger charge is -2.49. The number of allylic oxidation sites excluding steroid dienone is 1. The van der Waals surface area contributed by atoms with Crippen LogP contribution in [0.15, 0.2) is 48.0 Å². The topological polar surface area (TPSA) is 50.7 Å². The minimum atomic E-state index is -5.96. The Bertz CT molecular complexity index is 1170. The van der Waals surface area contributed by atoms with Crippen LogP contribution in [0.4, 0.5) is 32.0 Å². The van der Waals surface area contributed by atoms with Crippen molar-refractivity contribution >= 4 is 5.69 Å². The smallest absolute Gasteiger partial charge is 0.430 e. The van der Waals surface area contributed by atoms with E-state index in [1.165, 1.54) is 0 Å². The summed E-state index contributed by atoms with van der Waals surface area (Å²) >= 11 is 0. The van der Waals surface area contributed by atoms with Gasteiger partial charge in [0.05, 0.1) is 12.6 Å². The highest BCUT2D eigenvalue weighted by atomic mass is 19.4. The Hall–Kier alpha value is -2.88. The predicted molar refractivity (Wildman–Crippen MR) is 122 cm³/mol. The van der Waals surface area contributed by atoms with Crippen LogP contribution >= 0.6 is 0 Å². The van der Waals surface area contributed by atoms with Crippen molar-refractivity contribution in [2.24, 2.45) is 5.92 Å². The molecule has 2 aromatic carbocycles. The van der Waals surface area contributed by atoms with Crippen LogP contribution in [0.25, 0.3) is 0 Å². The highest BCUT2D eigenvalue weighted by Crippen LogP contribution is 2.56. The number of hydrogen-bond donors (Lipinski definition) is 2. The summed E-state index contributed by atoms with van der Waals surface area (Å²) in [6.45, 7) is 7.91. The quantitative estimate of drug-likeness (QED) is 0.348. The van der Waals surface area contributed by atoms with Gasteiger partial charge in [0, 0.05) is 28.1 Å². The van der Waals surface area contributed by atoms with Gasteiger partial charge >= 0.3 is 12.4 Å². The zero-order chi connectivity index (χ0) is 26.7. The zero-order valence-corrected chi connectivity index (χ0v) is 20.1. The summed E-state index contributed by atoms with van der Waals surface area (Å²) in [5.74, 6) is 0.767. The number of aliphatic hydroxyl groups is 1. The Labute approximate surface area is 204 Å². The van der Waals surface area contributed by atoms with Gasteiger partial charge in [-0.1, -0.05) is 37.6 Å². The van der Waals surface area contributed by atoms with Crippen LogP contribution in [0.5, 0.6) is 11.5 Å². The van der Waals surface area contributed by atoms with E-state index >= 15 is 0 Å². The summed E-state index contributed by atoms with van der Waals surface area (Å²) in [5.41, 5.74) is -4.66. The molecule has 0 amide bonds. The second kappa shape index (κ2) is 8.61. The van der Waals surface area contributed by atoms with E-state index in [1.807, 2.05) is 32.1 Å². The third-order valence-electron chi connectivity index (χ3n) is 7.07. The van der Waals surface area contributed by atoms with Gasteiger partial charge in [0.2, 0.25) is 0 Å². The van der Waals surface area contributed by atoms with Crippen molar-refractivity contribution in [2.75, 3.05) is 18.5 Å². The van der Waals surface area contributed by atoms with Gasteiger partial charge in [-0.3, -0.25) is 0 Å². The third-order valence-corrected chi connectivity index (χ3v) is 7.07.